The second-order valence-electron chi connectivity index (χ2n) is 4.85. The summed E-state index contributed by atoms with van der Waals surface area (Å²) in [5, 5.41) is 0.854. The first-order chi connectivity index (χ1) is 8.82. The van der Waals surface area contributed by atoms with E-state index in [9.17, 15) is 13.2 Å². The topological polar surface area (TPSA) is 30.9 Å². The van der Waals surface area contributed by atoms with E-state index in [4.69, 9.17) is 5.73 Å². The molecule has 2 N–H and O–H groups in total. The van der Waals surface area contributed by atoms with Crippen molar-refractivity contribution in [2.24, 2.45) is 5.73 Å². The van der Waals surface area contributed by atoms with Gasteiger partial charge >= 0.3 is 6.18 Å². The van der Waals surface area contributed by atoms with Gasteiger partial charge in [0.15, 0.2) is 0 Å². The van der Waals surface area contributed by atoms with Gasteiger partial charge in [0, 0.05) is 29.7 Å². The summed E-state index contributed by atoms with van der Waals surface area (Å²) in [6.45, 7) is 4.44. The average Bonchev–Trinajstić information content (AvgIpc) is 2.65. The third kappa shape index (κ3) is 2.76. The number of nitrogens with two attached hydrogens (primary N) is 1. The van der Waals surface area contributed by atoms with Gasteiger partial charge in [0.2, 0.25) is 0 Å². The molecule has 1 atom stereocenters. The van der Waals surface area contributed by atoms with Gasteiger partial charge in [-0.15, -0.1) is 0 Å². The lowest BCUT2D eigenvalue weighted by Gasteiger charge is -2.08. The molecule has 1 heterocycles. The minimum Gasteiger partial charge on any atom is -0.347 e. The van der Waals surface area contributed by atoms with Crippen molar-refractivity contribution in [3.05, 3.63) is 35.5 Å². The first kappa shape index (κ1) is 13.9. The van der Waals surface area contributed by atoms with Crippen LogP contribution in [0.4, 0.5) is 13.2 Å². The van der Waals surface area contributed by atoms with Crippen LogP contribution in [0.3, 0.4) is 0 Å². The maximum Gasteiger partial charge on any atom is 0.416 e. The maximum atomic E-state index is 12.7. The fraction of sp³-hybridized carbons (Fsp3) is 0.429. The quantitative estimate of drug-likeness (QED) is 0.908. The van der Waals surface area contributed by atoms with E-state index in [-0.39, 0.29) is 6.04 Å². The van der Waals surface area contributed by atoms with E-state index in [2.05, 4.69) is 0 Å². The van der Waals surface area contributed by atoms with Crippen LogP contribution in [-0.2, 0) is 19.1 Å². The Balaban J connectivity index is 2.59. The Kier molecular flexibility index (Phi) is 3.58. The Morgan fingerprint density at radius 2 is 2.00 bits per heavy atom. The van der Waals surface area contributed by atoms with Crippen molar-refractivity contribution in [3.63, 3.8) is 0 Å². The van der Waals surface area contributed by atoms with E-state index in [1.54, 1.807) is 6.07 Å². The van der Waals surface area contributed by atoms with E-state index in [0.29, 0.717) is 18.5 Å². The molecule has 2 aromatic rings. The number of aryl methyl sites for hydroxylation is 1. The standard InChI is InChI=1S/C14H17F3N2/c1-3-19-8-10(6-9(2)18)12-5-4-11(7-13(12)19)14(15,16)17/h4-5,7-9H,3,6,18H2,1-2H3. The lowest BCUT2D eigenvalue weighted by molar-refractivity contribution is -0.137. The van der Waals surface area contributed by atoms with Gasteiger partial charge in [-0.2, -0.15) is 13.2 Å². The molecule has 0 aliphatic rings. The first-order valence-electron chi connectivity index (χ1n) is 6.27. The van der Waals surface area contributed by atoms with Crippen LogP contribution < -0.4 is 5.73 Å². The van der Waals surface area contributed by atoms with E-state index in [1.165, 1.54) is 6.07 Å². The van der Waals surface area contributed by atoms with Crippen LogP contribution in [0.1, 0.15) is 25.0 Å². The zero-order valence-corrected chi connectivity index (χ0v) is 11.0. The summed E-state index contributed by atoms with van der Waals surface area (Å²) >= 11 is 0. The average molecular weight is 270 g/mol. The number of alkyl halides is 3. The number of hydrogen-bond acceptors (Lipinski definition) is 1. The Bertz CT molecular complexity index is 582. The van der Waals surface area contributed by atoms with Gasteiger partial charge in [0.1, 0.15) is 0 Å². The van der Waals surface area contributed by atoms with Crippen molar-refractivity contribution in [1.29, 1.82) is 0 Å². The molecule has 1 aromatic heterocycles. The molecular formula is C14H17F3N2. The fourth-order valence-corrected chi connectivity index (χ4v) is 2.32. The number of benzene rings is 1. The summed E-state index contributed by atoms with van der Waals surface area (Å²) in [4.78, 5) is 0. The van der Waals surface area contributed by atoms with Crippen molar-refractivity contribution in [3.8, 4) is 0 Å². The van der Waals surface area contributed by atoms with Crippen LogP contribution in [-0.4, -0.2) is 10.6 Å². The number of rotatable bonds is 3. The number of aromatic nitrogens is 1. The third-order valence-electron chi connectivity index (χ3n) is 3.17. The van der Waals surface area contributed by atoms with Crippen LogP contribution in [0.25, 0.3) is 10.9 Å². The van der Waals surface area contributed by atoms with Crippen molar-refractivity contribution < 1.29 is 13.2 Å². The number of hydrogen-bond donors (Lipinski definition) is 1. The highest BCUT2D eigenvalue weighted by molar-refractivity contribution is 5.85. The molecule has 0 radical (unpaired) electrons. The smallest absolute Gasteiger partial charge is 0.347 e. The molecule has 2 nitrogen and oxygen atoms in total. The second kappa shape index (κ2) is 4.89. The second-order valence-corrected chi connectivity index (χ2v) is 4.85. The lowest BCUT2D eigenvalue weighted by Crippen LogP contribution is -2.17. The molecule has 1 aromatic carbocycles. The van der Waals surface area contributed by atoms with Crippen LogP contribution in [0.5, 0.6) is 0 Å². The minimum atomic E-state index is -4.31. The lowest BCUT2D eigenvalue weighted by atomic mass is 10.1. The van der Waals surface area contributed by atoms with Gasteiger partial charge in [-0.3, -0.25) is 0 Å². The number of nitrogens with zero attached hydrogens (tertiary/aromatic N) is 1. The fourth-order valence-electron chi connectivity index (χ4n) is 2.32. The van der Waals surface area contributed by atoms with E-state index < -0.39 is 11.7 Å². The van der Waals surface area contributed by atoms with Crippen LogP contribution in [0.15, 0.2) is 24.4 Å². The monoisotopic (exact) mass is 270 g/mol. The normalized spacial score (nSPS) is 14.0. The summed E-state index contributed by atoms with van der Waals surface area (Å²) in [5.41, 5.74) is 6.78. The SMILES string of the molecule is CCn1cc(CC(C)N)c2ccc(C(F)(F)F)cc21. The summed E-state index contributed by atoms with van der Waals surface area (Å²) in [5.74, 6) is 0. The molecule has 0 amide bonds. The molecule has 0 aliphatic heterocycles. The Morgan fingerprint density at radius 3 is 2.53 bits per heavy atom. The Morgan fingerprint density at radius 1 is 1.32 bits per heavy atom. The highest BCUT2D eigenvalue weighted by Gasteiger charge is 2.31. The van der Waals surface area contributed by atoms with Crippen LogP contribution in [0, 0.1) is 0 Å². The zero-order chi connectivity index (χ0) is 14.2. The highest BCUT2D eigenvalue weighted by Crippen LogP contribution is 2.33. The maximum absolute atomic E-state index is 12.7. The summed E-state index contributed by atoms with van der Waals surface area (Å²) in [7, 11) is 0. The number of halogens is 3. The van der Waals surface area contributed by atoms with E-state index >= 15 is 0 Å². The molecule has 104 valence electrons. The molecule has 1 unspecified atom stereocenters. The molecular weight excluding hydrogens is 253 g/mol. The summed E-state index contributed by atoms with van der Waals surface area (Å²) in [6.07, 6.45) is -1.75. The molecule has 2 rings (SSSR count). The van der Waals surface area contributed by atoms with Gasteiger partial charge in [0.05, 0.1) is 5.56 Å². The molecule has 0 fully saturated rings. The molecule has 0 spiro atoms. The minimum absolute atomic E-state index is 0.0156. The first-order valence-corrected chi connectivity index (χ1v) is 6.27. The Labute approximate surface area is 110 Å². The molecule has 19 heavy (non-hydrogen) atoms. The number of fused-ring (bicyclic) bond motifs is 1. The summed E-state index contributed by atoms with van der Waals surface area (Å²) < 4.78 is 40.1. The van der Waals surface area contributed by atoms with Gasteiger partial charge < -0.3 is 10.3 Å². The van der Waals surface area contributed by atoms with E-state index in [1.807, 2.05) is 24.6 Å². The molecule has 0 aliphatic carbocycles. The highest BCUT2D eigenvalue weighted by atomic mass is 19.4. The van der Waals surface area contributed by atoms with Gasteiger partial charge in [-0.25, -0.2) is 0 Å². The van der Waals surface area contributed by atoms with Crippen LogP contribution in [0.2, 0.25) is 0 Å². The van der Waals surface area contributed by atoms with Crippen LogP contribution >= 0.6 is 0 Å². The molecule has 0 saturated heterocycles. The van der Waals surface area contributed by atoms with Crippen molar-refractivity contribution >= 4 is 10.9 Å². The predicted molar refractivity (Wildman–Crippen MR) is 70.0 cm³/mol. The van der Waals surface area contributed by atoms with Gasteiger partial charge in [0.25, 0.3) is 0 Å². The van der Waals surface area contributed by atoms with Gasteiger partial charge in [-0.05, 0) is 38.0 Å². The zero-order valence-electron chi connectivity index (χ0n) is 11.0. The summed E-state index contributed by atoms with van der Waals surface area (Å²) in [6, 6.07) is 3.87. The van der Waals surface area contributed by atoms with Crippen molar-refractivity contribution in [2.75, 3.05) is 0 Å². The van der Waals surface area contributed by atoms with Crippen molar-refractivity contribution in [2.45, 2.75) is 39.0 Å². The van der Waals surface area contributed by atoms with Crippen molar-refractivity contribution in [1.82, 2.24) is 4.57 Å². The molecule has 0 bridgehead atoms. The third-order valence-corrected chi connectivity index (χ3v) is 3.17. The van der Waals surface area contributed by atoms with E-state index in [0.717, 1.165) is 17.0 Å². The molecule has 0 saturated carbocycles. The Hall–Kier alpha value is -1.49. The van der Waals surface area contributed by atoms with Gasteiger partial charge in [-0.1, -0.05) is 6.07 Å². The predicted octanol–water partition coefficient (Wildman–Crippen LogP) is 3.57. The largest absolute Gasteiger partial charge is 0.416 e. The molecule has 5 heteroatoms.